The van der Waals surface area contributed by atoms with Crippen molar-refractivity contribution in [1.82, 2.24) is 5.32 Å². The molecular weight excluding hydrogens is 225 g/mol. The minimum Gasteiger partial charge on any atom is -0.494 e. The van der Waals surface area contributed by atoms with E-state index in [2.05, 4.69) is 10.1 Å². The summed E-state index contributed by atoms with van der Waals surface area (Å²) in [6.45, 7) is 0.353. The molecular formula is C12H16FNO3. The molecule has 0 amide bonds. The molecule has 0 aliphatic carbocycles. The lowest BCUT2D eigenvalue weighted by molar-refractivity contribution is -0.143. The van der Waals surface area contributed by atoms with E-state index in [1.807, 2.05) is 0 Å². The molecule has 94 valence electrons. The number of hydrogen-bond donors (Lipinski definition) is 1. The Hall–Kier alpha value is -1.62. The third kappa shape index (κ3) is 4.40. The van der Waals surface area contributed by atoms with Gasteiger partial charge in [-0.1, -0.05) is 0 Å². The van der Waals surface area contributed by atoms with E-state index in [4.69, 9.17) is 4.74 Å². The summed E-state index contributed by atoms with van der Waals surface area (Å²) in [6.07, 6.45) is 0.487. The van der Waals surface area contributed by atoms with Crippen molar-refractivity contribution in [3.63, 3.8) is 0 Å². The van der Waals surface area contributed by atoms with Crippen molar-refractivity contribution in [2.45, 2.75) is 12.5 Å². The Balaban J connectivity index is 2.36. The lowest BCUT2D eigenvalue weighted by atomic mass is 10.2. The second-order valence-electron chi connectivity index (χ2n) is 3.46. The van der Waals surface area contributed by atoms with Crippen LogP contribution < -0.4 is 10.1 Å². The first kappa shape index (κ1) is 13.4. The molecule has 0 bridgehead atoms. The summed E-state index contributed by atoms with van der Waals surface area (Å²) in [6, 6.07) is 5.35. The Morgan fingerprint density at radius 2 is 2.06 bits per heavy atom. The number of benzene rings is 1. The monoisotopic (exact) mass is 241 g/mol. The smallest absolute Gasteiger partial charge is 0.322 e. The molecule has 1 aromatic rings. The Labute approximate surface area is 99.7 Å². The van der Waals surface area contributed by atoms with Gasteiger partial charge in [0.15, 0.2) is 0 Å². The highest BCUT2D eigenvalue weighted by molar-refractivity contribution is 5.75. The quantitative estimate of drug-likeness (QED) is 0.764. The van der Waals surface area contributed by atoms with Gasteiger partial charge in [0.2, 0.25) is 0 Å². The SMILES string of the molecule is CNC(CCOc1ccc(F)cc1)C(=O)OC. The van der Waals surface area contributed by atoms with E-state index in [1.165, 1.54) is 19.2 Å². The van der Waals surface area contributed by atoms with Gasteiger partial charge in [-0.05, 0) is 31.3 Å². The number of likely N-dealkylation sites (N-methyl/N-ethyl adjacent to an activating group) is 1. The summed E-state index contributed by atoms with van der Waals surface area (Å²) >= 11 is 0. The van der Waals surface area contributed by atoms with Crippen LogP contribution in [0.25, 0.3) is 0 Å². The zero-order valence-corrected chi connectivity index (χ0v) is 9.90. The summed E-state index contributed by atoms with van der Waals surface area (Å²) in [5.41, 5.74) is 0. The van der Waals surface area contributed by atoms with Crippen LogP contribution in [0.15, 0.2) is 24.3 Å². The van der Waals surface area contributed by atoms with Gasteiger partial charge in [-0.3, -0.25) is 4.79 Å². The van der Waals surface area contributed by atoms with Crippen molar-refractivity contribution in [1.29, 1.82) is 0 Å². The summed E-state index contributed by atoms with van der Waals surface area (Å²) in [7, 11) is 3.02. The first-order valence-corrected chi connectivity index (χ1v) is 5.31. The van der Waals surface area contributed by atoms with Gasteiger partial charge in [0.05, 0.1) is 13.7 Å². The molecule has 0 saturated heterocycles. The third-order valence-electron chi connectivity index (χ3n) is 2.32. The highest BCUT2D eigenvalue weighted by Gasteiger charge is 2.16. The Bertz CT molecular complexity index is 353. The topological polar surface area (TPSA) is 47.6 Å². The first-order chi connectivity index (χ1) is 8.17. The van der Waals surface area contributed by atoms with Crippen molar-refractivity contribution in [2.24, 2.45) is 0 Å². The van der Waals surface area contributed by atoms with Crippen molar-refractivity contribution in [3.05, 3.63) is 30.1 Å². The predicted octanol–water partition coefficient (Wildman–Crippen LogP) is 1.36. The number of methoxy groups -OCH3 is 1. The fourth-order valence-corrected chi connectivity index (χ4v) is 1.35. The van der Waals surface area contributed by atoms with Crippen LogP contribution in [0.3, 0.4) is 0 Å². The molecule has 1 N–H and O–H groups in total. The van der Waals surface area contributed by atoms with Crippen LogP contribution >= 0.6 is 0 Å². The fraction of sp³-hybridized carbons (Fsp3) is 0.417. The maximum Gasteiger partial charge on any atom is 0.322 e. The molecule has 0 radical (unpaired) electrons. The minimum atomic E-state index is -0.388. The first-order valence-electron chi connectivity index (χ1n) is 5.31. The molecule has 0 heterocycles. The summed E-state index contributed by atoms with van der Waals surface area (Å²) in [4.78, 5) is 11.2. The molecule has 0 saturated carbocycles. The molecule has 1 aromatic carbocycles. The van der Waals surface area contributed by atoms with Gasteiger partial charge < -0.3 is 14.8 Å². The molecule has 1 rings (SSSR count). The number of nitrogens with one attached hydrogen (secondary N) is 1. The average Bonchev–Trinajstić information content (AvgIpc) is 2.36. The molecule has 17 heavy (non-hydrogen) atoms. The molecule has 0 aliphatic rings. The van der Waals surface area contributed by atoms with Crippen molar-refractivity contribution >= 4 is 5.97 Å². The number of carbonyl (C=O) groups excluding carboxylic acids is 1. The van der Waals surface area contributed by atoms with Gasteiger partial charge in [0, 0.05) is 6.42 Å². The fourth-order valence-electron chi connectivity index (χ4n) is 1.35. The number of ether oxygens (including phenoxy) is 2. The number of hydrogen-bond acceptors (Lipinski definition) is 4. The normalized spacial score (nSPS) is 11.9. The van der Waals surface area contributed by atoms with Crippen molar-refractivity contribution < 1.29 is 18.7 Å². The van der Waals surface area contributed by atoms with Crippen molar-refractivity contribution in [2.75, 3.05) is 20.8 Å². The third-order valence-corrected chi connectivity index (χ3v) is 2.32. The molecule has 5 heteroatoms. The molecule has 0 fully saturated rings. The van der Waals surface area contributed by atoms with Gasteiger partial charge in [-0.15, -0.1) is 0 Å². The van der Waals surface area contributed by atoms with Crippen LogP contribution in [0.1, 0.15) is 6.42 Å². The maximum atomic E-state index is 12.6. The van der Waals surface area contributed by atoms with E-state index >= 15 is 0 Å². The Kier molecular flexibility index (Phi) is 5.42. The lowest BCUT2D eigenvalue weighted by Gasteiger charge is -2.13. The zero-order valence-electron chi connectivity index (χ0n) is 9.90. The lowest BCUT2D eigenvalue weighted by Crippen LogP contribution is -2.36. The Morgan fingerprint density at radius 1 is 1.41 bits per heavy atom. The van der Waals surface area contributed by atoms with Gasteiger partial charge in [0.1, 0.15) is 17.6 Å². The zero-order chi connectivity index (χ0) is 12.7. The number of rotatable bonds is 6. The molecule has 1 unspecified atom stereocenters. The minimum absolute atomic E-state index is 0.306. The van der Waals surface area contributed by atoms with E-state index in [9.17, 15) is 9.18 Å². The van der Waals surface area contributed by atoms with Crippen LogP contribution in [0, 0.1) is 5.82 Å². The summed E-state index contributed by atoms with van der Waals surface area (Å²) in [5.74, 6) is -0.0543. The number of halogens is 1. The largest absolute Gasteiger partial charge is 0.494 e. The van der Waals surface area contributed by atoms with Gasteiger partial charge in [-0.2, -0.15) is 0 Å². The highest BCUT2D eigenvalue weighted by atomic mass is 19.1. The predicted molar refractivity (Wildman–Crippen MR) is 61.4 cm³/mol. The second-order valence-corrected chi connectivity index (χ2v) is 3.46. The molecule has 0 aromatic heterocycles. The van der Waals surface area contributed by atoms with E-state index in [1.54, 1.807) is 19.2 Å². The van der Waals surface area contributed by atoms with Gasteiger partial charge in [-0.25, -0.2) is 4.39 Å². The molecule has 4 nitrogen and oxygen atoms in total. The van der Waals surface area contributed by atoms with Crippen LogP contribution in [0.5, 0.6) is 5.75 Å². The molecule has 1 atom stereocenters. The average molecular weight is 241 g/mol. The van der Waals surface area contributed by atoms with Gasteiger partial charge >= 0.3 is 5.97 Å². The Morgan fingerprint density at radius 3 is 2.59 bits per heavy atom. The van der Waals surface area contributed by atoms with E-state index in [-0.39, 0.29) is 17.8 Å². The van der Waals surface area contributed by atoms with E-state index in [0.717, 1.165) is 0 Å². The van der Waals surface area contributed by atoms with Crippen LogP contribution in [-0.4, -0.2) is 32.8 Å². The number of carbonyl (C=O) groups is 1. The van der Waals surface area contributed by atoms with Crippen molar-refractivity contribution in [3.8, 4) is 5.75 Å². The second kappa shape index (κ2) is 6.85. The van der Waals surface area contributed by atoms with Crippen LogP contribution in [0.2, 0.25) is 0 Å². The summed E-state index contributed by atoms with van der Waals surface area (Å²) < 4.78 is 22.6. The maximum absolute atomic E-state index is 12.6. The van der Waals surface area contributed by atoms with Gasteiger partial charge in [0.25, 0.3) is 0 Å². The standard InChI is InChI=1S/C12H16FNO3/c1-14-11(12(15)16-2)7-8-17-10-5-3-9(13)4-6-10/h3-6,11,14H,7-8H2,1-2H3. The molecule has 0 spiro atoms. The highest BCUT2D eigenvalue weighted by Crippen LogP contribution is 2.11. The van der Waals surface area contributed by atoms with E-state index in [0.29, 0.717) is 18.8 Å². The number of esters is 1. The summed E-state index contributed by atoms with van der Waals surface area (Å²) in [5, 5.41) is 2.83. The van der Waals surface area contributed by atoms with Crippen LogP contribution in [-0.2, 0) is 9.53 Å². The van der Waals surface area contributed by atoms with E-state index < -0.39 is 0 Å². The molecule has 0 aliphatic heterocycles. The van der Waals surface area contributed by atoms with Crippen LogP contribution in [0.4, 0.5) is 4.39 Å².